The summed E-state index contributed by atoms with van der Waals surface area (Å²) in [5, 5.41) is 8.04. The van der Waals surface area contributed by atoms with E-state index in [9.17, 15) is 0 Å². The maximum atomic E-state index is 2.33. The zero-order chi connectivity index (χ0) is 13.7. The molecule has 0 aromatic heterocycles. The fourth-order valence-electron chi connectivity index (χ4n) is 3.13. The quantitative estimate of drug-likeness (QED) is 0.277. The molecule has 0 heterocycles. The molecule has 0 aliphatic heterocycles. The lowest BCUT2D eigenvalue weighted by Crippen LogP contribution is -1.86. The lowest BCUT2D eigenvalue weighted by molar-refractivity contribution is 1.39. The first-order valence-corrected chi connectivity index (χ1v) is 7.05. The van der Waals surface area contributed by atoms with E-state index < -0.39 is 0 Å². The Balaban J connectivity index is 2.28. The molecule has 0 saturated heterocycles. The lowest BCUT2D eigenvalue weighted by Gasteiger charge is -2.10. The van der Waals surface area contributed by atoms with Crippen LogP contribution in [0.25, 0.3) is 32.3 Å². The Kier molecular flexibility index (Phi) is 2.34. The maximum Gasteiger partial charge on any atom is -0.00733 e. The third-order valence-corrected chi connectivity index (χ3v) is 4.40. The van der Waals surface area contributed by atoms with Crippen LogP contribution in [0, 0.1) is 13.8 Å². The van der Waals surface area contributed by atoms with E-state index in [-0.39, 0.29) is 0 Å². The molecule has 4 aromatic rings. The lowest BCUT2D eigenvalue weighted by atomic mass is 9.94. The molecule has 0 nitrogen and oxygen atoms in total. The molecular formula is C20H16. The van der Waals surface area contributed by atoms with Crippen molar-refractivity contribution in [1.29, 1.82) is 0 Å². The van der Waals surface area contributed by atoms with Gasteiger partial charge < -0.3 is 0 Å². The molecule has 0 aliphatic carbocycles. The van der Waals surface area contributed by atoms with E-state index in [1.807, 2.05) is 0 Å². The van der Waals surface area contributed by atoms with Gasteiger partial charge in [-0.3, -0.25) is 0 Å². The molecule has 0 atom stereocenters. The van der Waals surface area contributed by atoms with Gasteiger partial charge in [0.2, 0.25) is 0 Å². The Morgan fingerprint density at radius 1 is 0.600 bits per heavy atom. The molecule has 0 spiro atoms. The van der Waals surface area contributed by atoms with E-state index >= 15 is 0 Å². The third kappa shape index (κ3) is 1.55. The highest BCUT2D eigenvalue weighted by Crippen LogP contribution is 2.32. The van der Waals surface area contributed by atoms with Crippen LogP contribution < -0.4 is 0 Å². The van der Waals surface area contributed by atoms with Crippen LogP contribution in [0.5, 0.6) is 0 Å². The van der Waals surface area contributed by atoms with Gasteiger partial charge in [0.05, 0.1) is 0 Å². The minimum atomic E-state index is 1.31. The van der Waals surface area contributed by atoms with E-state index in [0.717, 1.165) is 0 Å². The van der Waals surface area contributed by atoms with Crippen LogP contribution in [0.4, 0.5) is 0 Å². The van der Waals surface area contributed by atoms with Crippen molar-refractivity contribution in [2.75, 3.05) is 0 Å². The third-order valence-electron chi connectivity index (χ3n) is 4.40. The van der Waals surface area contributed by atoms with Crippen molar-refractivity contribution in [2.45, 2.75) is 13.8 Å². The van der Waals surface area contributed by atoms with Crippen LogP contribution in [0.3, 0.4) is 0 Å². The Bertz CT molecular complexity index is 962. The molecule has 0 fully saturated rings. The van der Waals surface area contributed by atoms with Crippen molar-refractivity contribution < 1.29 is 0 Å². The fourth-order valence-corrected chi connectivity index (χ4v) is 3.13. The van der Waals surface area contributed by atoms with Gasteiger partial charge in [-0.05, 0) is 69.4 Å². The number of fused-ring (bicyclic) bond motifs is 4. The van der Waals surface area contributed by atoms with Crippen LogP contribution in [0.2, 0.25) is 0 Å². The topological polar surface area (TPSA) is 0 Å². The first-order valence-electron chi connectivity index (χ1n) is 7.05. The van der Waals surface area contributed by atoms with Gasteiger partial charge in [0.25, 0.3) is 0 Å². The van der Waals surface area contributed by atoms with Crippen molar-refractivity contribution in [3.05, 3.63) is 71.8 Å². The molecule has 96 valence electrons. The highest BCUT2D eigenvalue weighted by molar-refractivity contribution is 6.13. The zero-order valence-electron chi connectivity index (χ0n) is 11.8. The number of hydrogen-bond acceptors (Lipinski definition) is 0. The number of aryl methyl sites for hydroxylation is 2. The summed E-state index contributed by atoms with van der Waals surface area (Å²) in [4.78, 5) is 0. The molecule has 0 amide bonds. The second kappa shape index (κ2) is 4.08. The first-order chi connectivity index (χ1) is 9.74. The van der Waals surface area contributed by atoms with E-state index in [0.29, 0.717) is 0 Å². The van der Waals surface area contributed by atoms with Gasteiger partial charge in [-0.2, -0.15) is 0 Å². The molecule has 0 N–H and O–H groups in total. The van der Waals surface area contributed by atoms with Crippen molar-refractivity contribution in [1.82, 2.24) is 0 Å². The molecular weight excluding hydrogens is 240 g/mol. The van der Waals surface area contributed by atoms with Crippen LogP contribution in [0.15, 0.2) is 60.7 Å². The van der Waals surface area contributed by atoms with Gasteiger partial charge in [0.1, 0.15) is 0 Å². The van der Waals surface area contributed by atoms with Crippen molar-refractivity contribution in [2.24, 2.45) is 0 Å². The van der Waals surface area contributed by atoms with Crippen LogP contribution in [-0.2, 0) is 0 Å². The Morgan fingerprint density at radius 2 is 1.25 bits per heavy atom. The first kappa shape index (κ1) is 11.5. The van der Waals surface area contributed by atoms with E-state index in [4.69, 9.17) is 0 Å². The summed E-state index contributed by atoms with van der Waals surface area (Å²) in [6.07, 6.45) is 0. The van der Waals surface area contributed by atoms with Crippen LogP contribution in [0.1, 0.15) is 11.1 Å². The molecule has 0 saturated carbocycles. The summed E-state index contributed by atoms with van der Waals surface area (Å²) in [7, 11) is 0. The average Bonchev–Trinajstić information content (AvgIpc) is 2.48. The van der Waals surface area contributed by atoms with Crippen molar-refractivity contribution in [3.8, 4) is 0 Å². The maximum absolute atomic E-state index is 2.33. The largest absolute Gasteiger partial charge is 0.0616 e. The minimum absolute atomic E-state index is 1.31. The normalized spacial score (nSPS) is 11.5. The Labute approximate surface area is 118 Å². The van der Waals surface area contributed by atoms with Gasteiger partial charge in [0.15, 0.2) is 0 Å². The molecule has 4 rings (SSSR count). The van der Waals surface area contributed by atoms with Gasteiger partial charge in [-0.15, -0.1) is 0 Å². The predicted molar refractivity (Wildman–Crippen MR) is 88.4 cm³/mol. The summed E-state index contributed by atoms with van der Waals surface area (Å²) in [5.41, 5.74) is 2.75. The van der Waals surface area contributed by atoms with Gasteiger partial charge >= 0.3 is 0 Å². The average molecular weight is 256 g/mol. The smallest absolute Gasteiger partial charge is 0.00733 e. The fraction of sp³-hybridized carbons (Fsp3) is 0.100. The summed E-state index contributed by atoms with van der Waals surface area (Å²) >= 11 is 0. The zero-order valence-corrected chi connectivity index (χ0v) is 11.8. The molecule has 20 heavy (non-hydrogen) atoms. The van der Waals surface area contributed by atoms with Gasteiger partial charge in [-0.1, -0.05) is 48.5 Å². The molecule has 0 aliphatic rings. The standard InChI is InChI=1S/C20H16/c1-13-7-8-15-9-10-18-11-16-5-3-4-6-17(16)12-19(18)20(15)14(13)2/h3-12H,1-2H3. The molecule has 0 unspecified atom stereocenters. The molecule has 0 heteroatoms. The highest BCUT2D eigenvalue weighted by Gasteiger charge is 2.06. The predicted octanol–water partition coefficient (Wildman–Crippen LogP) is 5.76. The summed E-state index contributed by atoms with van der Waals surface area (Å²) in [6, 6.07) is 22.1. The number of rotatable bonds is 0. The molecule has 0 radical (unpaired) electrons. The highest BCUT2D eigenvalue weighted by atomic mass is 14.1. The van der Waals surface area contributed by atoms with E-state index in [1.165, 1.54) is 43.4 Å². The Hall–Kier alpha value is -2.34. The van der Waals surface area contributed by atoms with Crippen LogP contribution in [-0.4, -0.2) is 0 Å². The van der Waals surface area contributed by atoms with E-state index in [2.05, 4.69) is 74.5 Å². The SMILES string of the molecule is Cc1ccc2ccc3cc4ccccc4cc3c2c1C. The minimum Gasteiger partial charge on any atom is -0.0616 e. The second-order valence-electron chi connectivity index (χ2n) is 5.59. The van der Waals surface area contributed by atoms with Crippen LogP contribution >= 0.6 is 0 Å². The molecule has 0 bridgehead atoms. The summed E-state index contributed by atoms with van der Waals surface area (Å²) in [6.45, 7) is 4.42. The van der Waals surface area contributed by atoms with Gasteiger partial charge in [0, 0.05) is 0 Å². The molecule has 4 aromatic carbocycles. The van der Waals surface area contributed by atoms with E-state index in [1.54, 1.807) is 0 Å². The monoisotopic (exact) mass is 256 g/mol. The second-order valence-corrected chi connectivity index (χ2v) is 5.59. The Morgan fingerprint density at radius 3 is 2.05 bits per heavy atom. The van der Waals surface area contributed by atoms with Crippen molar-refractivity contribution >= 4 is 32.3 Å². The van der Waals surface area contributed by atoms with Crippen molar-refractivity contribution in [3.63, 3.8) is 0 Å². The number of hydrogen-bond donors (Lipinski definition) is 0. The van der Waals surface area contributed by atoms with Gasteiger partial charge in [-0.25, -0.2) is 0 Å². The summed E-state index contributed by atoms with van der Waals surface area (Å²) < 4.78 is 0. The summed E-state index contributed by atoms with van der Waals surface area (Å²) in [5.74, 6) is 0. The number of benzene rings is 4.